The van der Waals surface area contributed by atoms with Crippen LogP contribution >= 0.6 is 0 Å². The van der Waals surface area contributed by atoms with E-state index in [4.69, 9.17) is 0 Å². The zero-order valence-corrected chi connectivity index (χ0v) is 9.01. The summed E-state index contributed by atoms with van der Waals surface area (Å²) < 4.78 is 1.71. The summed E-state index contributed by atoms with van der Waals surface area (Å²) in [6.45, 7) is 5.65. The van der Waals surface area contributed by atoms with Crippen LogP contribution in [0.25, 0.3) is 0 Å². The quantitative estimate of drug-likeness (QED) is 0.772. The smallest absolute Gasteiger partial charge is 0.137 e. The number of hydrogen-bond donors (Lipinski definition) is 2. The Bertz CT molecular complexity index is 267. The highest BCUT2D eigenvalue weighted by Gasteiger charge is 2.35. The SMILES string of the molecule is CC[C@H](O)C(C)(C)C(O)n1cccc1. The first-order valence-electron chi connectivity index (χ1n) is 4.98. The Morgan fingerprint density at radius 3 is 2.14 bits per heavy atom. The van der Waals surface area contributed by atoms with Gasteiger partial charge in [0.1, 0.15) is 6.23 Å². The summed E-state index contributed by atoms with van der Waals surface area (Å²) in [5.41, 5.74) is -0.534. The first kappa shape index (κ1) is 11.3. The second-order valence-corrected chi connectivity index (χ2v) is 4.25. The number of nitrogens with zero attached hydrogens (tertiary/aromatic N) is 1. The highest BCUT2D eigenvalue weighted by atomic mass is 16.3. The van der Waals surface area contributed by atoms with Crippen molar-refractivity contribution in [1.29, 1.82) is 0 Å². The molecule has 2 N–H and O–H groups in total. The molecule has 0 aliphatic heterocycles. The van der Waals surface area contributed by atoms with E-state index in [2.05, 4.69) is 0 Å². The van der Waals surface area contributed by atoms with Crippen LogP contribution in [0.4, 0.5) is 0 Å². The number of aliphatic hydroxyl groups is 2. The molecule has 1 unspecified atom stereocenters. The molecule has 1 aromatic rings. The molecular weight excluding hydrogens is 178 g/mol. The lowest BCUT2D eigenvalue weighted by molar-refractivity contribution is -0.0865. The van der Waals surface area contributed by atoms with Crippen LogP contribution in [0.15, 0.2) is 24.5 Å². The molecule has 0 spiro atoms. The van der Waals surface area contributed by atoms with Crippen molar-refractivity contribution in [1.82, 2.24) is 4.57 Å². The van der Waals surface area contributed by atoms with E-state index in [9.17, 15) is 10.2 Å². The molecule has 0 bridgehead atoms. The molecule has 0 amide bonds. The van der Waals surface area contributed by atoms with Crippen LogP contribution in [0, 0.1) is 5.41 Å². The van der Waals surface area contributed by atoms with Crippen LogP contribution in [0.2, 0.25) is 0 Å². The van der Waals surface area contributed by atoms with Gasteiger partial charge in [0.05, 0.1) is 6.10 Å². The Labute approximate surface area is 85.0 Å². The third-order valence-electron chi connectivity index (χ3n) is 2.82. The number of aliphatic hydroxyl groups excluding tert-OH is 2. The minimum atomic E-state index is -0.688. The van der Waals surface area contributed by atoms with Crippen LogP contribution < -0.4 is 0 Å². The summed E-state index contributed by atoms with van der Waals surface area (Å²) >= 11 is 0. The second-order valence-electron chi connectivity index (χ2n) is 4.25. The van der Waals surface area contributed by atoms with Gasteiger partial charge < -0.3 is 14.8 Å². The number of hydrogen-bond acceptors (Lipinski definition) is 2. The zero-order chi connectivity index (χ0) is 10.8. The van der Waals surface area contributed by atoms with Gasteiger partial charge in [0.25, 0.3) is 0 Å². The number of rotatable bonds is 4. The molecule has 80 valence electrons. The number of aromatic nitrogens is 1. The molecule has 0 aromatic carbocycles. The van der Waals surface area contributed by atoms with E-state index in [1.54, 1.807) is 17.0 Å². The Balaban J connectivity index is 2.82. The monoisotopic (exact) mass is 197 g/mol. The third kappa shape index (κ3) is 1.99. The first-order chi connectivity index (χ1) is 6.50. The normalized spacial score (nSPS) is 16.6. The molecule has 3 heteroatoms. The van der Waals surface area contributed by atoms with Gasteiger partial charge in [-0.05, 0) is 18.6 Å². The Morgan fingerprint density at radius 1 is 1.21 bits per heavy atom. The van der Waals surface area contributed by atoms with E-state index in [-0.39, 0.29) is 0 Å². The van der Waals surface area contributed by atoms with E-state index >= 15 is 0 Å². The predicted molar refractivity (Wildman–Crippen MR) is 55.8 cm³/mol. The molecule has 0 saturated carbocycles. The molecular formula is C11H19NO2. The Hall–Kier alpha value is -0.800. The van der Waals surface area contributed by atoms with Gasteiger partial charge in [-0.25, -0.2) is 0 Å². The van der Waals surface area contributed by atoms with E-state index < -0.39 is 17.7 Å². The second kappa shape index (κ2) is 4.15. The first-order valence-corrected chi connectivity index (χ1v) is 4.98. The molecule has 2 atom stereocenters. The molecule has 0 radical (unpaired) electrons. The van der Waals surface area contributed by atoms with E-state index in [1.807, 2.05) is 32.9 Å². The summed E-state index contributed by atoms with van der Waals surface area (Å²) in [6.07, 6.45) is 3.06. The van der Waals surface area contributed by atoms with Crippen molar-refractivity contribution in [3.05, 3.63) is 24.5 Å². The maximum Gasteiger partial charge on any atom is 0.137 e. The van der Waals surface area contributed by atoms with E-state index in [1.165, 1.54) is 0 Å². The maximum absolute atomic E-state index is 10.0. The molecule has 1 rings (SSSR count). The Kier molecular flexibility index (Phi) is 3.34. The fourth-order valence-corrected chi connectivity index (χ4v) is 1.59. The average Bonchev–Trinajstić information content (AvgIpc) is 2.67. The van der Waals surface area contributed by atoms with Crippen LogP contribution in [0.5, 0.6) is 0 Å². The van der Waals surface area contributed by atoms with Gasteiger partial charge in [-0.3, -0.25) is 0 Å². The fourth-order valence-electron chi connectivity index (χ4n) is 1.59. The summed E-state index contributed by atoms with van der Waals surface area (Å²) in [4.78, 5) is 0. The van der Waals surface area contributed by atoms with Crippen LogP contribution in [-0.4, -0.2) is 20.9 Å². The van der Waals surface area contributed by atoms with E-state index in [0.29, 0.717) is 6.42 Å². The van der Waals surface area contributed by atoms with Gasteiger partial charge in [-0.1, -0.05) is 20.8 Å². The lowest BCUT2D eigenvalue weighted by Gasteiger charge is -2.35. The van der Waals surface area contributed by atoms with Crippen LogP contribution in [-0.2, 0) is 0 Å². The third-order valence-corrected chi connectivity index (χ3v) is 2.82. The lowest BCUT2D eigenvalue weighted by Crippen LogP contribution is -2.37. The van der Waals surface area contributed by atoms with Gasteiger partial charge in [-0.2, -0.15) is 0 Å². The zero-order valence-electron chi connectivity index (χ0n) is 9.01. The molecule has 1 heterocycles. The van der Waals surface area contributed by atoms with Crippen molar-refractivity contribution in [3.8, 4) is 0 Å². The van der Waals surface area contributed by atoms with Crippen molar-refractivity contribution in [3.63, 3.8) is 0 Å². The summed E-state index contributed by atoms with van der Waals surface area (Å²) in [5, 5.41) is 19.8. The summed E-state index contributed by atoms with van der Waals surface area (Å²) in [6, 6.07) is 3.72. The molecule has 3 nitrogen and oxygen atoms in total. The molecule has 1 aromatic heterocycles. The van der Waals surface area contributed by atoms with Gasteiger partial charge in [0.2, 0.25) is 0 Å². The largest absolute Gasteiger partial charge is 0.392 e. The summed E-state index contributed by atoms with van der Waals surface area (Å²) in [7, 11) is 0. The minimum absolute atomic E-state index is 0.500. The predicted octanol–water partition coefficient (Wildman–Crippen LogP) is 1.78. The van der Waals surface area contributed by atoms with Gasteiger partial charge in [0.15, 0.2) is 0 Å². The highest BCUT2D eigenvalue weighted by molar-refractivity contribution is 4.95. The van der Waals surface area contributed by atoms with Crippen molar-refractivity contribution >= 4 is 0 Å². The van der Waals surface area contributed by atoms with Crippen molar-refractivity contribution in [2.24, 2.45) is 5.41 Å². The molecule has 14 heavy (non-hydrogen) atoms. The highest BCUT2D eigenvalue weighted by Crippen LogP contribution is 2.33. The molecule has 0 aliphatic rings. The van der Waals surface area contributed by atoms with Crippen molar-refractivity contribution < 1.29 is 10.2 Å². The van der Waals surface area contributed by atoms with Crippen molar-refractivity contribution in [2.45, 2.75) is 39.5 Å². The molecule has 0 fully saturated rings. The topological polar surface area (TPSA) is 45.4 Å². The van der Waals surface area contributed by atoms with Crippen molar-refractivity contribution in [2.75, 3.05) is 0 Å². The van der Waals surface area contributed by atoms with Crippen LogP contribution in [0.1, 0.15) is 33.4 Å². The standard InChI is InChI=1S/C11H19NO2/c1-4-9(13)11(2,3)10(14)12-7-5-6-8-12/h5-10,13-14H,4H2,1-3H3/t9-,10?/m0/s1. The van der Waals surface area contributed by atoms with Gasteiger partial charge in [-0.15, -0.1) is 0 Å². The Morgan fingerprint density at radius 2 is 1.71 bits per heavy atom. The minimum Gasteiger partial charge on any atom is -0.392 e. The van der Waals surface area contributed by atoms with E-state index in [0.717, 1.165) is 0 Å². The molecule has 0 aliphatic carbocycles. The fraction of sp³-hybridized carbons (Fsp3) is 0.636. The molecule has 0 saturated heterocycles. The lowest BCUT2D eigenvalue weighted by atomic mass is 9.83. The van der Waals surface area contributed by atoms with Crippen LogP contribution in [0.3, 0.4) is 0 Å². The summed E-state index contributed by atoms with van der Waals surface area (Å²) in [5.74, 6) is 0. The van der Waals surface area contributed by atoms with Gasteiger partial charge in [0, 0.05) is 17.8 Å². The van der Waals surface area contributed by atoms with Gasteiger partial charge >= 0.3 is 0 Å². The maximum atomic E-state index is 10.0. The average molecular weight is 197 g/mol.